The third kappa shape index (κ3) is 5.37. The molecule has 8 heteroatoms. The van der Waals surface area contributed by atoms with Crippen molar-refractivity contribution in [2.24, 2.45) is 0 Å². The van der Waals surface area contributed by atoms with Crippen molar-refractivity contribution in [3.8, 4) is 6.07 Å². The minimum Gasteiger partial charge on any atom is -0.321 e. The lowest BCUT2D eigenvalue weighted by Gasteiger charge is -2.18. The fraction of sp³-hybridized carbons (Fsp3) is 0.130. The number of aromatic nitrogens is 1. The normalized spacial score (nSPS) is 11.0. The predicted octanol–water partition coefficient (Wildman–Crippen LogP) is 5.64. The van der Waals surface area contributed by atoms with Crippen LogP contribution in [-0.2, 0) is 9.59 Å². The zero-order valence-corrected chi connectivity index (χ0v) is 18.7. The molecule has 0 radical (unpaired) electrons. The molecule has 1 heterocycles. The smallest absolute Gasteiger partial charge is 0.266 e. The van der Waals surface area contributed by atoms with Crippen LogP contribution in [0.2, 0.25) is 5.02 Å². The Bertz CT molecular complexity index is 1230. The molecule has 0 aliphatic rings. The Morgan fingerprint density at radius 1 is 1.23 bits per heavy atom. The van der Waals surface area contributed by atoms with Gasteiger partial charge >= 0.3 is 0 Å². The van der Waals surface area contributed by atoms with Crippen molar-refractivity contribution in [3.05, 3.63) is 75.3 Å². The molecule has 31 heavy (non-hydrogen) atoms. The van der Waals surface area contributed by atoms with Gasteiger partial charge in [-0.3, -0.25) is 14.5 Å². The summed E-state index contributed by atoms with van der Waals surface area (Å²) in [6.45, 7) is 5.28. The van der Waals surface area contributed by atoms with Crippen LogP contribution in [0.4, 0.5) is 16.5 Å². The monoisotopic (exact) mass is 450 g/mol. The Kier molecular flexibility index (Phi) is 6.85. The van der Waals surface area contributed by atoms with Crippen LogP contribution < -0.4 is 10.2 Å². The molecule has 0 bridgehead atoms. The molecule has 0 aliphatic heterocycles. The molecule has 0 atom stereocenters. The Balaban J connectivity index is 1.86. The van der Waals surface area contributed by atoms with E-state index in [0.29, 0.717) is 27.2 Å². The fourth-order valence-corrected chi connectivity index (χ4v) is 3.96. The highest BCUT2D eigenvalue weighted by molar-refractivity contribution is 7.14. The van der Waals surface area contributed by atoms with Gasteiger partial charge in [0.25, 0.3) is 5.91 Å². The van der Waals surface area contributed by atoms with E-state index < -0.39 is 5.91 Å². The van der Waals surface area contributed by atoms with E-state index in [-0.39, 0.29) is 11.5 Å². The van der Waals surface area contributed by atoms with Crippen molar-refractivity contribution in [1.29, 1.82) is 5.26 Å². The van der Waals surface area contributed by atoms with E-state index >= 15 is 0 Å². The maximum absolute atomic E-state index is 12.6. The van der Waals surface area contributed by atoms with Gasteiger partial charge in [0.05, 0.1) is 11.4 Å². The number of nitriles is 1. The number of carbonyl (C=O) groups is 2. The van der Waals surface area contributed by atoms with Crippen molar-refractivity contribution >= 4 is 57.3 Å². The predicted molar refractivity (Wildman–Crippen MR) is 125 cm³/mol. The van der Waals surface area contributed by atoms with Gasteiger partial charge in [-0.05, 0) is 49.8 Å². The lowest BCUT2D eigenvalue weighted by Crippen LogP contribution is -2.22. The zero-order valence-electron chi connectivity index (χ0n) is 17.1. The lowest BCUT2D eigenvalue weighted by molar-refractivity contribution is -0.116. The molecular formula is C23H19ClN4O2S. The molecule has 3 rings (SSSR count). The summed E-state index contributed by atoms with van der Waals surface area (Å²) in [5.41, 5.74) is 3.52. The second-order valence-corrected chi connectivity index (χ2v) is 8.10. The van der Waals surface area contributed by atoms with Gasteiger partial charge in [0, 0.05) is 23.0 Å². The highest BCUT2D eigenvalue weighted by Crippen LogP contribution is 2.31. The Morgan fingerprint density at radius 3 is 2.65 bits per heavy atom. The van der Waals surface area contributed by atoms with Crippen molar-refractivity contribution in [2.45, 2.75) is 20.8 Å². The summed E-state index contributed by atoms with van der Waals surface area (Å²) in [6.07, 6.45) is 1.40. The highest BCUT2D eigenvalue weighted by Gasteiger charge is 2.19. The molecule has 0 saturated carbocycles. The first kappa shape index (κ1) is 22.2. The van der Waals surface area contributed by atoms with Crippen molar-refractivity contribution in [2.75, 3.05) is 10.2 Å². The van der Waals surface area contributed by atoms with E-state index in [1.54, 1.807) is 35.7 Å². The van der Waals surface area contributed by atoms with Crippen LogP contribution in [0.3, 0.4) is 0 Å². The fourth-order valence-electron chi connectivity index (χ4n) is 2.93. The number of nitrogens with zero attached hydrogens (tertiary/aromatic N) is 3. The van der Waals surface area contributed by atoms with Crippen LogP contribution in [0.1, 0.15) is 23.7 Å². The van der Waals surface area contributed by atoms with E-state index in [4.69, 9.17) is 11.6 Å². The number of nitrogens with one attached hydrogen (secondary N) is 1. The van der Waals surface area contributed by atoms with Crippen molar-refractivity contribution in [1.82, 2.24) is 4.98 Å². The molecular weight excluding hydrogens is 432 g/mol. The second-order valence-electron chi connectivity index (χ2n) is 6.83. The molecule has 0 spiro atoms. The first-order valence-corrected chi connectivity index (χ1v) is 10.6. The standard InChI is InChI=1S/C23H19ClN4O2S/c1-14-7-8-21(15(2)9-14)27-22(30)17(12-25)10-19-13-31-23(26-19)28(16(3)29)20-6-4-5-18(24)11-20/h4-11,13H,1-3H3,(H,27,30)/b17-10+. The molecule has 1 aromatic heterocycles. The first-order valence-electron chi connectivity index (χ1n) is 9.30. The summed E-state index contributed by atoms with van der Waals surface area (Å²) < 4.78 is 0. The SMILES string of the molecule is CC(=O)N(c1cccc(Cl)c1)c1nc(/C=C(\C#N)C(=O)Nc2ccc(C)cc2C)cs1. The average molecular weight is 451 g/mol. The number of benzene rings is 2. The van der Waals surface area contributed by atoms with E-state index in [1.807, 2.05) is 32.0 Å². The van der Waals surface area contributed by atoms with Crippen LogP contribution in [0.15, 0.2) is 53.4 Å². The van der Waals surface area contributed by atoms with Crippen LogP contribution in [0.25, 0.3) is 6.08 Å². The Morgan fingerprint density at radius 2 is 2.00 bits per heavy atom. The van der Waals surface area contributed by atoms with Gasteiger partial charge in [0.15, 0.2) is 5.13 Å². The molecule has 2 amide bonds. The third-order valence-electron chi connectivity index (χ3n) is 4.37. The molecule has 0 unspecified atom stereocenters. The highest BCUT2D eigenvalue weighted by atomic mass is 35.5. The van der Waals surface area contributed by atoms with Crippen LogP contribution >= 0.6 is 22.9 Å². The number of hydrogen-bond donors (Lipinski definition) is 1. The average Bonchev–Trinajstić information content (AvgIpc) is 3.16. The molecule has 6 nitrogen and oxygen atoms in total. The summed E-state index contributed by atoms with van der Waals surface area (Å²) >= 11 is 7.27. The molecule has 156 valence electrons. The molecule has 3 aromatic rings. The number of rotatable bonds is 5. The third-order valence-corrected chi connectivity index (χ3v) is 5.45. The molecule has 0 aliphatic carbocycles. The molecule has 2 aromatic carbocycles. The number of thiazole rings is 1. The van der Waals surface area contributed by atoms with E-state index in [2.05, 4.69) is 10.3 Å². The van der Waals surface area contributed by atoms with Crippen LogP contribution in [0, 0.1) is 25.2 Å². The Labute approximate surface area is 189 Å². The van der Waals surface area contributed by atoms with Crippen LogP contribution in [0.5, 0.6) is 0 Å². The number of hydrogen-bond acceptors (Lipinski definition) is 5. The van der Waals surface area contributed by atoms with Gasteiger partial charge < -0.3 is 5.32 Å². The summed E-state index contributed by atoms with van der Waals surface area (Å²) in [4.78, 5) is 30.7. The molecule has 0 fully saturated rings. The van der Waals surface area contributed by atoms with Crippen LogP contribution in [-0.4, -0.2) is 16.8 Å². The maximum atomic E-state index is 12.6. The summed E-state index contributed by atoms with van der Waals surface area (Å²) in [7, 11) is 0. The van der Waals surface area contributed by atoms with Gasteiger partial charge in [0.1, 0.15) is 11.6 Å². The lowest BCUT2D eigenvalue weighted by atomic mass is 10.1. The summed E-state index contributed by atoms with van der Waals surface area (Å²) in [5, 5.41) is 14.8. The maximum Gasteiger partial charge on any atom is 0.266 e. The summed E-state index contributed by atoms with van der Waals surface area (Å²) in [6, 6.07) is 14.4. The minimum atomic E-state index is -0.526. The molecule has 1 N–H and O–H groups in total. The molecule has 0 saturated heterocycles. The van der Waals surface area contributed by atoms with Crippen molar-refractivity contribution < 1.29 is 9.59 Å². The van der Waals surface area contributed by atoms with Gasteiger partial charge in [-0.25, -0.2) is 4.98 Å². The topological polar surface area (TPSA) is 86.1 Å². The van der Waals surface area contributed by atoms with Gasteiger partial charge in [-0.1, -0.05) is 35.4 Å². The van der Waals surface area contributed by atoms with Gasteiger partial charge in [0.2, 0.25) is 5.91 Å². The van der Waals surface area contributed by atoms with Gasteiger partial charge in [-0.2, -0.15) is 5.26 Å². The van der Waals surface area contributed by atoms with Crippen molar-refractivity contribution in [3.63, 3.8) is 0 Å². The number of halogens is 1. The quantitative estimate of drug-likeness (QED) is 0.402. The first-order chi connectivity index (χ1) is 14.8. The van der Waals surface area contributed by atoms with E-state index in [9.17, 15) is 14.9 Å². The number of aryl methyl sites for hydroxylation is 2. The minimum absolute atomic E-state index is 0.0889. The number of anilines is 3. The van der Waals surface area contributed by atoms with E-state index in [1.165, 1.54) is 29.2 Å². The number of amides is 2. The van der Waals surface area contributed by atoms with Gasteiger partial charge in [-0.15, -0.1) is 11.3 Å². The Hall–Kier alpha value is -3.47. The van der Waals surface area contributed by atoms with E-state index in [0.717, 1.165) is 11.1 Å². The summed E-state index contributed by atoms with van der Waals surface area (Å²) in [5.74, 6) is -0.762. The largest absolute Gasteiger partial charge is 0.321 e. The zero-order chi connectivity index (χ0) is 22.5. The second kappa shape index (κ2) is 9.56. The number of carbonyl (C=O) groups excluding carboxylic acids is 2.